The minimum absolute atomic E-state index is 0.0886. The van der Waals surface area contributed by atoms with Crippen LogP contribution in [0.25, 0.3) is 0 Å². The molecule has 1 saturated heterocycles. The van der Waals surface area contributed by atoms with Crippen molar-refractivity contribution in [2.75, 3.05) is 29.9 Å². The zero-order chi connectivity index (χ0) is 19.4. The Morgan fingerprint density at radius 3 is 2.78 bits per heavy atom. The summed E-state index contributed by atoms with van der Waals surface area (Å²) in [5.41, 5.74) is 1.76. The lowest BCUT2D eigenvalue weighted by atomic mass is 10.1. The topological polar surface area (TPSA) is 81.7 Å². The van der Waals surface area contributed by atoms with Gasteiger partial charge in [0.25, 0.3) is 5.91 Å². The van der Waals surface area contributed by atoms with Crippen LogP contribution in [0.1, 0.15) is 16.8 Å². The van der Waals surface area contributed by atoms with Gasteiger partial charge in [0.1, 0.15) is 6.04 Å². The van der Waals surface area contributed by atoms with Gasteiger partial charge in [0, 0.05) is 29.4 Å². The third-order valence-corrected chi connectivity index (χ3v) is 4.81. The molecule has 6 nitrogen and oxygen atoms in total. The van der Waals surface area contributed by atoms with Crippen LogP contribution in [0, 0.1) is 0 Å². The second-order valence-corrected chi connectivity index (χ2v) is 6.98. The normalized spacial score (nSPS) is 16.5. The minimum Gasteiger partial charge on any atom is -0.395 e. The highest BCUT2D eigenvalue weighted by molar-refractivity contribution is 6.36. The number of benzene rings is 2. The quantitative estimate of drug-likeness (QED) is 0.687. The fourth-order valence-corrected chi connectivity index (χ4v) is 3.49. The van der Waals surface area contributed by atoms with Crippen molar-refractivity contribution in [1.29, 1.82) is 0 Å². The highest BCUT2D eigenvalue weighted by atomic mass is 35.5. The Labute approximate surface area is 167 Å². The summed E-state index contributed by atoms with van der Waals surface area (Å²) in [5, 5.41) is 15.5. The van der Waals surface area contributed by atoms with E-state index < -0.39 is 6.04 Å². The van der Waals surface area contributed by atoms with E-state index in [4.69, 9.17) is 28.3 Å². The molecular weight excluding hydrogens is 389 g/mol. The Morgan fingerprint density at radius 2 is 2.04 bits per heavy atom. The van der Waals surface area contributed by atoms with Crippen molar-refractivity contribution in [2.45, 2.75) is 12.5 Å². The van der Waals surface area contributed by atoms with E-state index >= 15 is 0 Å². The van der Waals surface area contributed by atoms with Crippen LogP contribution >= 0.6 is 23.2 Å². The van der Waals surface area contributed by atoms with Gasteiger partial charge < -0.3 is 20.6 Å². The van der Waals surface area contributed by atoms with Gasteiger partial charge in [0.2, 0.25) is 5.91 Å². The second-order valence-electron chi connectivity index (χ2n) is 6.13. The van der Waals surface area contributed by atoms with Gasteiger partial charge in [-0.25, -0.2) is 0 Å². The lowest BCUT2D eigenvalue weighted by Crippen LogP contribution is -2.33. The Kier molecular flexibility index (Phi) is 6.21. The molecule has 27 heavy (non-hydrogen) atoms. The number of amides is 2. The van der Waals surface area contributed by atoms with Crippen LogP contribution in [0.5, 0.6) is 0 Å². The maximum absolute atomic E-state index is 12.8. The molecule has 1 heterocycles. The lowest BCUT2D eigenvalue weighted by Gasteiger charge is -2.19. The predicted octanol–water partition coefficient (Wildman–Crippen LogP) is 2.93. The van der Waals surface area contributed by atoms with E-state index in [1.807, 2.05) is 0 Å². The molecule has 3 rings (SSSR count). The molecule has 0 saturated carbocycles. The molecule has 0 spiro atoms. The van der Waals surface area contributed by atoms with Gasteiger partial charge in [0.15, 0.2) is 0 Å². The Hall–Kier alpha value is -2.28. The molecule has 1 unspecified atom stereocenters. The maximum atomic E-state index is 12.8. The van der Waals surface area contributed by atoms with Crippen LogP contribution in [0.4, 0.5) is 11.4 Å². The molecule has 2 aromatic rings. The number of hydrogen-bond donors (Lipinski definition) is 3. The van der Waals surface area contributed by atoms with Crippen molar-refractivity contribution in [1.82, 2.24) is 5.32 Å². The summed E-state index contributed by atoms with van der Waals surface area (Å²) >= 11 is 12.1. The van der Waals surface area contributed by atoms with Gasteiger partial charge in [-0.2, -0.15) is 0 Å². The van der Waals surface area contributed by atoms with Gasteiger partial charge in [0.05, 0.1) is 17.3 Å². The van der Waals surface area contributed by atoms with Gasteiger partial charge >= 0.3 is 0 Å². The van der Waals surface area contributed by atoms with E-state index in [0.29, 0.717) is 39.9 Å². The number of aliphatic hydroxyl groups is 1. The van der Waals surface area contributed by atoms with E-state index in [-0.39, 0.29) is 25.0 Å². The summed E-state index contributed by atoms with van der Waals surface area (Å²) in [7, 11) is 0. The average Bonchev–Trinajstić information content (AvgIpc) is 3.00. The van der Waals surface area contributed by atoms with Gasteiger partial charge in [-0.15, -0.1) is 0 Å². The minimum atomic E-state index is -0.410. The third kappa shape index (κ3) is 4.53. The first-order valence-corrected chi connectivity index (χ1v) is 9.27. The predicted molar refractivity (Wildman–Crippen MR) is 107 cm³/mol. The molecule has 1 atom stereocenters. The van der Waals surface area contributed by atoms with Gasteiger partial charge in [-0.3, -0.25) is 9.59 Å². The van der Waals surface area contributed by atoms with E-state index in [0.717, 1.165) is 0 Å². The molecule has 0 bridgehead atoms. The van der Waals surface area contributed by atoms with Crippen molar-refractivity contribution in [2.24, 2.45) is 0 Å². The van der Waals surface area contributed by atoms with Crippen LogP contribution in [0.3, 0.4) is 0 Å². The molecule has 0 radical (unpaired) electrons. The zero-order valence-electron chi connectivity index (χ0n) is 14.4. The van der Waals surface area contributed by atoms with E-state index in [9.17, 15) is 9.59 Å². The average molecular weight is 408 g/mol. The number of hydrogen-bond acceptors (Lipinski definition) is 4. The molecule has 0 aromatic heterocycles. The standard InChI is InChI=1S/C19H19Cl2N3O3/c20-13-4-5-17(15(21)11-13)24-8-6-16(19(24)27)23-14-3-1-2-12(10-14)18(26)22-7-9-25/h1-5,10-11,16,23,25H,6-9H2,(H,22,26). The fourth-order valence-electron chi connectivity index (χ4n) is 2.98. The zero-order valence-corrected chi connectivity index (χ0v) is 15.9. The number of halogens is 2. The van der Waals surface area contributed by atoms with E-state index in [1.54, 1.807) is 47.4 Å². The summed E-state index contributed by atoms with van der Waals surface area (Å²) in [4.78, 5) is 26.4. The first-order chi connectivity index (χ1) is 13.0. The SMILES string of the molecule is O=C(NCCO)c1cccc(NC2CCN(c3ccc(Cl)cc3Cl)C2=O)c1. The number of nitrogens with zero attached hydrogens (tertiary/aromatic N) is 1. The van der Waals surface area contributed by atoms with Gasteiger partial charge in [-0.1, -0.05) is 29.3 Å². The van der Waals surface area contributed by atoms with Crippen molar-refractivity contribution in [3.05, 3.63) is 58.1 Å². The summed E-state index contributed by atoms with van der Waals surface area (Å²) in [6, 6.07) is 11.5. The van der Waals surface area contributed by atoms with Crippen molar-refractivity contribution in [3.63, 3.8) is 0 Å². The number of carbonyl (C=O) groups excluding carboxylic acids is 2. The molecule has 1 fully saturated rings. The molecule has 3 N–H and O–H groups in total. The molecule has 2 aromatic carbocycles. The summed E-state index contributed by atoms with van der Waals surface area (Å²) in [5.74, 6) is -0.366. The van der Waals surface area contributed by atoms with Crippen LogP contribution in [-0.4, -0.2) is 42.7 Å². The summed E-state index contributed by atoms with van der Waals surface area (Å²) < 4.78 is 0. The van der Waals surface area contributed by atoms with Crippen molar-refractivity contribution >= 4 is 46.4 Å². The molecule has 2 amide bonds. The Balaban J connectivity index is 1.70. The summed E-state index contributed by atoms with van der Waals surface area (Å²) in [6.07, 6.45) is 0.610. The molecule has 142 valence electrons. The highest BCUT2D eigenvalue weighted by Gasteiger charge is 2.33. The largest absolute Gasteiger partial charge is 0.395 e. The second kappa shape index (κ2) is 8.61. The number of nitrogens with one attached hydrogen (secondary N) is 2. The Morgan fingerprint density at radius 1 is 1.22 bits per heavy atom. The third-order valence-electron chi connectivity index (χ3n) is 4.27. The first kappa shape index (κ1) is 19.5. The van der Waals surface area contributed by atoms with E-state index in [1.165, 1.54) is 0 Å². The molecule has 1 aliphatic rings. The number of rotatable bonds is 6. The first-order valence-electron chi connectivity index (χ1n) is 8.51. The van der Waals surface area contributed by atoms with Crippen LogP contribution in [-0.2, 0) is 4.79 Å². The van der Waals surface area contributed by atoms with E-state index in [2.05, 4.69) is 10.6 Å². The fraction of sp³-hybridized carbons (Fsp3) is 0.263. The van der Waals surface area contributed by atoms with Crippen molar-refractivity contribution < 1.29 is 14.7 Å². The van der Waals surface area contributed by atoms with Gasteiger partial charge in [-0.05, 0) is 42.8 Å². The maximum Gasteiger partial charge on any atom is 0.251 e. The summed E-state index contributed by atoms with van der Waals surface area (Å²) in [6.45, 7) is 0.603. The lowest BCUT2D eigenvalue weighted by molar-refractivity contribution is -0.117. The molecule has 0 aliphatic carbocycles. The number of carbonyl (C=O) groups is 2. The van der Waals surface area contributed by atoms with Crippen LogP contribution < -0.4 is 15.5 Å². The highest BCUT2D eigenvalue weighted by Crippen LogP contribution is 2.32. The smallest absolute Gasteiger partial charge is 0.251 e. The number of anilines is 2. The molecule has 1 aliphatic heterocycles. The van der Waals surface area contributed by atoms with Crippen LogP contribution in [0.15, 0.2) is 42.5 Å². The molecular formula is C19H19Cl2N3O3. The monoisotopic (exact) mass is 407 g/mol. The van der Waals surface area contributed by atoms with Crippen LogP contribution in [0.2, 0.25) is 10.0 Å². The molecule has 8 heteroatoms. The number of aliphatic hydroxyl groups excluding tert-OH is 1. The van der Waals surface area contributed by atoms with Crippen molar-refractivity contribution in [3.8, 4) is 0 Å². The Bertz CT molecular complexity index is 860.